The molecule has 160 valence electrons. The molecule has 0 heterocycles. The molecular weight excluding hydrogens is 370 g/mol. The van der Waals surface area contributed by atoms with Gasteiger partial charge < -0.3 is 10.2 Å². The monoisotopic (exact) mass is 403 g/mol. The zero-order valence-electron chi connectivity index (χ0n) is 17.7. The quantitative estimate of drug-likeness (QED) is 0.609. The van der Waals surface area contributed by atoms with Crippen molar-refractivity contribution in [3.05, 3.63) is 23.4 Å². The first-order valence-electron chi connectivity index (χ1n) is 10.9. The van der Waals surface area contributed by atoms with Gasteiger partial charge in [0.15, 0.2) is 12.4 Å². The van der Waals surface area contributed by atoms with Crippen LogP contribution in [0.3, 0.4) is 0 Å². The average Bonchev–Trinajstić information content (AvgIpc) is 2.94. The molecule has 3 N–H and O–H groups in total. The molecule has 0 aromatic rings. The third-order valence-corrected chi connectivity index (χ3v) is 8.93. The minimum absolute atomic E-state index is 0.0683. The summed E-state index contributed by atoms with van der Waals surface area (Å²) in [6.45, 7) is 5.69. The van der Waals surface area contributed by atoms with Crippen LogP contribution in [0.2, 0.25) is 0 Å². The second-order valence-corrected chi connectivity index (χ2v) is 10.1. The van der Waals surface area contributed by atoms with Crippen LogP contribution < -0.4 is 5.48 Å². The van der Waals surface area contributed by atoms with E-state index in [0.717, 1.165) is 44.2 Å². The lowest BCUT2D eigenvalue weighted by Gasteiger charge is -2.58. The highest BCUT2D eigenvalue weighted by molar-refractivity contribution is 5.86. The van der Waals surface area contributed by atoms with Gasteiger partial charge in [-0.05, 0) is 81.1 Å². The Morgan fingerprint density at radius 3 is 2.62 bits per heavy atom. The number of hydroxylamine groups is 1. The van der Waals surface area contributed by atoms with Crippen LogP contribution in [0.25, 0.3) is 0 Å². The van der Waals surface area contributed by atoms with E-state index in [1.54, 1.807) is 6.92 Å². The van der Waals surface area contributed by atoms with Gasteiger partial charge in [0.2, 0.25) is 0 Å². The van der Waals surface area contributed by atoms with Crippen molar-refractivity contribution in [1.29, 1.82) is 0 Å². The van der Waals surface area contributed by atoms with Gasteiger partial charge in [-0.3, -0.25) is 15.1 Å². The third kappa shape index (κ3) is 2.98. The summed E-state index contributed by atoms with van der Waals surface area (Å²) in [5.74, 6) is 0.416. The van der Waals surface area contributed by atoms with E-state index in [0.29, 0.717) is 24.2 Å². The highest BCUT2D eigenvalue weighted by Gasteiger charge is 2.65. The summed E-state index contributed by atoms with van der Waals surface area (Å²) < 4.78 is 0. The van der Waals surface area contributed by atoms with Crippen molar-refractivity contribution < 1.29 is 24.6 Å². The number of allylic oxidation sites excluding steroid dienone is 3. The van der Waals surface area contributed by atoms with E-state index < -0.39 is 11.6 Å². The molecule has 0 aromatic heterocycles. The van der Waals surface area contributed by atoms with Gasteiger partial charge >= 0.3 is 5.97 Å². The van der Waals surface area contributed by atoms with Crippen LogP contribution in [0.1, 0.15) is 65.7 Å². The second kappa shape index (κ2) is 6.95. The SMILES string of the molecule is CC(=O)[C@@]1(O)CC[C@H]2[C@@H]3CCC4=CC(NOCC(=O)O)=CC[C@]4(C)[C@H]3CC[C@@]21C. The van der Waals surface area contributed by atoms with Gasteiger partial charge in [0.25, 0.3) is 0 Å². The molecule has 0 aromatic carbocycles. The van der Waals surface area contributed by atoms with Crippen molar-refractivity contribution in [3.63, 3.8) is 0 Å². The lowest BCUT2D eigenvalue weighted by molar-refractivity contribution is -0.159. The molecule has 0 aliphatic heterocycles. The van der Waals surface area contributed by atoms with Gasteiger partial charge in [-0.25, -0.2) is 4.79 Å². The Morgan fingerprint density at radius 1 is 1.21 bits per heavy atom. The van der Waals surface area contributed by atoms with Gasteiger partial charge in [-0.15, -0.1) is 0 Å². The lowest BCUT2D eigenvalue weighted by atomic mass is 9.46. The van der Waals surface area contributed by atoms with Gasteiger partial charge in [-0.2, -0.15) is 0 Å². The number of aliphatic carboxylic acids is 1. The summed E-state index contributed by atoms with van der Waals surface area (Å²) in [6.07, 6.45) is 10.7. The van der Waals surface area contributed by atoms with Crippen LogP contribution in [0.5, 0.6) is 0 Å². The molecule has 6 atom stereocenters. The van der Waals surface area contributed by atoms with Crippen molar-refractivity contribution in [2.24, 2.45) is 28.6 Å². The Morgan fingerprint density at radius 2 is 1.93 bits per heavy atom. The highest BCUT2D eigenvalue weighted by atomic mass is 16.7. The maximum Gasteiger partial charge on any atom is 0.332 e. The number of carboxylic acids is 1. The largest absolute Gasteiger partial charge is 0.479 e. The molecule has 0 radical (unpaired) electrons. The Balaban J connectivity index is 1.53. The fraction of sp³-hybridized carbons (Fsp3) is 0.739. The fourth-order valence-electron chi connectivity index (χ4n) is 7.26. The fourth-order valence-corrected chi connectivity index (χ4v) is 7.26. The summed E-state index contributed by atoms with van der Waals surface area (Å²) >= 11 is 0. The van der Waals surface area contributed by atoms with E-state index in [1.165, 1.54) is 5.57 Å². The molecule has 3 fully saturated rings. The molecule has 3 saturated carbocycles. The number of nitrogens with one attached hydrogen (secondary N) is 1. The topological polar surface area (TPSA) is 95.9 Å². The number of carboxylic acid groups (broad SMARTS) is 1. The first-order chi connectivity index (χ1) is 13.6. The molecule has 6 heteroatoms. The number of hydrogen-bond acceptors (Lipinski definition) is 5. The molecule has 0 amide bonds. The standard InChI is InChI=1S/C23H33NO5/c1-14(25)23(28)11-8-19-17-5-4-15-12-16(24-29-13-20(26)27)6-9-21(15,2)18(17)7-10-22(19,23)3/h6,12,17-19,24,28H,4-5,7-11,13H2,1-3H3,(H,26,27)/t17-,18+,19+,21+,22+,23+/m1/s1. The van der Waals surface area contributed by atoms with E-state index in [1.807, 2.05) is 0 Å². The van der Waals surface area contributed by atoms with Gasteiger partial charge in [-0.1, -0.05) is 25.5 Å². The van der Waals surface area contributed by atoms with Crippen molar-refractivity contribution in [2.75, 3.05) is 6.61 Å². The maximum absolute atomic E-state index is 12.3. The maximum atomic E-state index is 12.3. The van der Waals surface area contributed by atoms with Crippen molar-refractivity contribution in [1.82, 2.24) is 5.48 Å². The Kier molecular flexibility index (Phi) is 4.94. The number of rotatable bonds is 5. The number of carbonyl (C=O) groups is 2. The van der Waals surface area contributed by atoms with Crippen LogP contribution in [0.15, 0.2) is 23.4 Å². The molecule has 0 bridgehead atoms. The van der Waals surface area contributed by atoms with E-state index >= 15 is 0 Å². The number of hydrogen-bond donors (Lipinski definition) is 3. The number of aliphatic hydroxyl groups is 1. The van der Waals surface area contributed by atoms with Gasteiger partial charge in [0.05, 0.1) is 5.70 Å². The molecule has 0 unspecified atom stereocenters. The minimum Gasteiger partial charge on any atom is -0.479 e. The summed E-state index contributed by atoms with van der Waals surface area (Å²) in [5.41, 5.74) is 3.64. The van der Waals surface area contributed by atoms with E-state index in [9.17, 15) is 14.7 Å². The van der Waals surface area contributed by atoms with Gasteiger partial charge in [0, 0.05) is 5.41 Å². The molecule has 0 saturated heterocycles. The van der Waals surface area contributed by atoms with Crippen LogP contribution in [-0.4, -0.2) is 34.2 Å². The predicted octanol–water partition coefficient (Wildman–Crippen LogP) is 3.37. The molecule has 6 nitrogen and oxygen atoms in total. The van der Waals surface area contributed by atoms with E-state index in [-0.39, 0.29) is 23.2 Å². The molecule has 4 rings (SSSR count). The average molecular weight is 404 g/mol. The van der Waals surface area contributed by atoms with Crippen molar-refractivity contribution in [3.8, 4) is 0 Å². The zero-order valence-corrected chi connectivity index (χ0v) is 17.7. The summed E-state index contributed by atoms with van der Waals surface area (Å²) in [6, 6.07) is 0. The minimum atomic E-state index is -1.16. The summed E-state index contributed by atoms with van der Waals surface area (Å²) in [4.78, 5) is 28.0. The van der Waals surface area contributed by atoms with Crippen LogP contribution in [0.4, 0.5) is 0 Å². The van der Waals surface area contributed by atoms with Gasteiger partial charge in [0.1, 0.15) is 5.60 Å². The van der Waals surface area contributed by atoms with E-state index in [2.05, 4.69) is 31.5 Å². The third-order valence-electron chi connectivity index (χ3n) is 8.93. The number of Topliss-reactive ketones (excluding diaryl/α,β-unsaturated/α-hetero) is 1. The smallest absolute Gasteiger partial charge is 0.332 e. The first-order valence-corrected chi connectivity index (χ1v) is 10.9. The molecular formula is C23H33NO5. The first kappa shape index (κ1) is 20.6. The van der Waals surface area contributed by atoms with Crippen LogP contribution >= 0.6 is 0 Å². The Hall–Kier alpha value is -1.66. The predicted molar refractivity (Wildman–Crippen MR) is 108 cm³/mol. The van der Waals surface area contributed by atoms with E-state index in [4.69, 9.17) is 9.94 Å². The second-order valence-electron chi connectivity index (χ2n) is 10.1. The molecule has 4 aliphatic rings. The zero-order chi connectivity index (χ0) is 21.0. The molecule has 29 heavy (non-hydrogen) atoms. The summed E-state index contributed by atoms with van der Waals surface area (Å²) in [5, 5.41) is 20.0. The molecule has 0 spiro atoms. The summed E-state index contributed by atoms with van der Waals surface area (Å²) in [7, 11) is 0. The normalized spacial score (nSPS) is 43.4. The van der Waals surface area contributed by atoms with Crippen molar-refractivity contribution in [2.45, 2.75) is 71.3 Å². The van der Waals surface area contributed by atoms with Crippen molar-refractivity contribution >= 4 is 11.8 Å². The molecule has 4 aliphatic carbocycles. The number of fused-ring (bicyclic) bond motifs is 5. The van der Waals surface area contributed by atoms with Crippen LogP contribution in [-0.2, 0) is 14.4 Å². The number of carbonyl (C=O) groups excluding carboxylic acids is 1. The number of ketones is 1. The highest BCUT2D eigenvalue weighted by Crippen LogP contribution is 2.67. The Labute approximate surface area is 172 Å². The Bertz CT molecular complexity index is 788. The van der Waals surface area contributed by atoms with Crippen LogP contribution in [0, 0.1) is 28.6 Å². The lowest BCUT2D eigenvalue weighted by Crippen LogP contribution is -2.56.